The summed E-state index contributed by atoms with van der Waals surface area (Å²) in [7, 11) is -4.65. The summed E-state index contributed by atoms with van der Waals surface area (Å²) in [6.07, 6.45) is 3.30. The number of likely N-dealkylation sites (tertiary alicyclic amines) is 1. The van der Waals surface area contributed by atoms with Crippen LogP contribution in [0.15, 0.2) is 0 Å². The third kappa shape index (κ3) is 3.47. The highest BCUT2D eigenvalue weighted by atomic mass is 32.3. The van der Waals surface area contributed by atoms with E-state index >= 15 is 0 Å². The number of halogens is 1. The highest BCUT2D eigenvalue weighted by Crippen LogP contribution is 2.33. The van der Waals surface area contributed by atoms with Crippen LogP contribution >= 0.6 is 0 Å². The van der Waals surface area contributed by atoms with E-state index in [-0.39, 0.29) is 18.9 Å². The third-order valence-electron chi connectivity index (χ3n) is 4.11. The Morgan fingerprint density at radius 2 is 2.00 bits per heavy atom. The van der Waals surface area contributed by atoms with Gasteiger partial charge in [-0.3, -0.25) is 4.79 Å². The van der Waals surface area contributed by atoms with Gasteiger partial charge in [0, 0.05) is 18.9 Å². The Morgan fingerprint density at radius 3 is 2.50 bits per heavy atom. The number of amides is 1. The lowest BCUT2D eigenvalue weighted by molar-refractivity contribution is -0.150. The van der Waals surface area contributed by atoms with Crippen LogP contribution in [0.25, 0.3) is 0 Å². The molecule has 0 aromatic heterocycles. The molecule has 1 saturated carbocycles. The van der Waals surface area contributed by atoms with E-state index in [2.05, 4.69) is 0 Å². The molecular formula is C12H18FNO5S. The highest BCUT2D eigenvalue weighted by molar-refractivity contribution is 7.86. The molecule has 2 fully saturated rings. The fraction of sp³-hybridized carbons (Fsp3) is 0.833. The van der Waals surface area contributed by atoms with E-state index in [4.69, 9.17) is 0 Å². The van der Waals surface area contributed by atoms with Crippen molar-refractivity contribution < 1.29 is 27.0 Å². The topological polar surface area (TPSA) is 91.8 Å². The predicted octanol–water partition coefficient (Wildman–Crippen LogP) is 0.778. The standard InChI is InChI=1S/C12H18FNO5S/c13-20(18,19)7-8-5-10(15)14(6-8)11(12(16)17)9-3-1-2-4-9/h8-9,11H,1-7H2,(H,16,17). The van der Waals surface area contributed by atoms with Gasteiger partial charge in [0.05, 0.1) is 5.75 Å². The Hall–Kier alpha value is -1.18. The minimum Gasteiger partial charge on any atom is -0.480 e. The molecule has 2 rings (SSSR count). The van der Waals surface area contributed by atoms with E-state index in [1.807, 2.05) is 0 Å². The molecule has 0 bridgehead atoms. The molecule has 1 saturated heterocycles. The van der Waals surface area contributed by atoms with Crippen molar-refractivity contribution in [2.45, 2.75) is 38.1 Å². The maximum atomic E-state index is 12.7. The fourth-order valence-corrected chi connectivity index (χ4v) is 4.12. The molecular weight excluding hydrogens is 289 g/mol. The van der Waals surface area contributed by atoms with E-state index in [0.29, 0.717) is 0 Å². The summed E-state index contributed by atoms with van der Waals surface area (Å²) in [5, 5.41) is 9.34. The molecule has 114 valence electrons. The van der Waals surface area contributed by atoms with Gasteiger partial charge in [-0.15, -0.1) is 3.89 Å². The van der Waals surface area contributed by atoms with Gasteiger partial charge < -0.3 is 10.0 Å². The van der Waals surface area contributed by atoms with Crippen LogP contribution in [0.4, 0.5) is 3.89 Å². The zero-order valence-electron chi connectivity index (χ0n) is 11.0. The van der Waals surface area contributed by atoms with Crippen LogP contribution < -0.4 is 0 Å². The number of hydrogen-bond acceptors (Lipinski definition) is 4. The molecule has 1 heterocycles. The summed E-state index contributed by atoms with van der Waals surface area (Å²) >= 11 is 0. The number of rotatable bonds is 5. The van der Waals surface area contributed by atoms with Crippen molar-refractivity contribution in [1.29, 1.82) is 0 Å². The van der Waals surface area contributed by atoms with Crippen LogP contribution in [0.2, 0.25) is 0 Å². The molecule has 0 spiro atoms. The van der Waals surface area contributed by atoms with Gasteiger partial charge >= 0.3 is 16.2 Å². The average Bonchev–Trinajstić information content (AvgIpc) is 2.88. The second kappa shape index (κ2) is 5.67. The minimum atomic E-state index is -4.65. The Morgan fingerprint density at radius 1 is 1.40 bits per heavy atom. The van der Waals surface area contributed by atoms with Crippen LogP contribution in [0.5, 0.6) is 0 Å². The first kappa shape index (κ1) is 15.2. The molecule has 0 aromatic rings. The van der Waals surface area contributed by atoms with Crippen molar-refractivity contribution >= 4 is 22.1 Å². The van der Waals surface area contributed by atoms with E-state index in [0.717, 1.165) is 25.7 Å². The van der Waals surface area contributed by atoms with Crippen LogP contribution in [0.3, 0.4) is 0 Å². The highest BCUT2D eigenvalue weighted by Gasteiger charge is 2.43. The van der Waals surface area contributed by atoms with E-state index in [1.165, 1.54) is 4.90 Å². The van der Waals surface area contributed by atoms with Gasteiger partial charge in [0.15, 0.2) is 0 Å². The Balaban J connectivity index is 2.10. The molecule has 2 unspecified atom stereocenters. The molecule has 0 radical (unpaired) electrons. The maximum absolute atomic E-state index is 12.7. The van der Waals surface area contributed by atoms with Crippen molar-refractivity contribution in [1.82, 2.24) is 4.90 Å². The number of carboxylic acid groups (broad SMARTS) is 1. The van der Waals surface area contributed by atoms with Crippen molar-refractivity contribution in [2.75, 3.05) is 12.3 Å². The average molecular weight is 307 g/mol. The number of carbonyl (C=O) groups is 2. The van der Waals surface area contributed by atoms with E-state index in [9.17, 15) is 27.0 Å². The van der Waals surface area contributed by atoms with Gasteiger partial charge in [0.1, 0.15) is 6.04 Å². The Bertz CT molecular complexity index is 500. The quantitative estimate of drug-likeness (QED) is 0.758. The predicted molar refractivity (Wildman–Crippen MR) is 68.1 cm³/mol. The second-order valence-corrected chi connectivity index (χ2v) is 7.06. The van der Waals surface area contributed by atoms with Crippen molar-refractivity contribution in [2.24, 2.45) is 11.8 Å². The molecule has 1 aliphatic heterocycles. The molecule has 6 nitrogen and oxygen atoms in total. The smallest absolute Gasteiger partial charge is 0.326 e. The summed E-state index contributed by atoms with van der Waals surface area (Å²) < 4.78 is 34.0. The largest absolute Gasteiger partial charge is 0.480 e. The van der Waals surface area contributed by atoms with Gasteiger partial charge in [-0.2, -0.15) is 8.42 Å². The molecule has 1 N–H and O–H groups in total. The van der Waals surface area contributed by atoms with E-state index in [1.54, 1.807) is 0 Å². The monoisotopic (exact) mass is 307 g/mol. The summed E-state index contributed by atoms with van der Waals surface area (Å²) in [5.74, 6) is -2.91. The minimum absolute atomic E-state index is 0.00937. The summed E-state index contributed by atoms with van der Waals surface area (Å²) in [5.41, 5.74) is 0. The van der Waals surface area contributed by atoms with Crippen LogP contribution in [0, 0.1) is 11.8 Å². The molecule has 20 heavy (non-hydrogen) atoms. The van der Waals surface area contributed by atoms with Gasteiger partial charge in [0.25, 0.3) is 0 Å². The normalized spacial score (nSPS) is 26.1. The zero-order valence-corrected chi connectivity index (χ0v) is 11.8. The summed E-state index contributed by atoms with van der Waals surface area (Å²) in [6, 6.07) is -0.905. The zero-order chi connectivity index (χ0) is 14.9. The fourth-order valence-electron chi connectivity index (χ4n) is 3.33. The lowest BCUT2D eigenvalue weighted by Gasteiger charge is -2.29. The molecule has 2 aliphatic rings. The first-order valence-corrected chi connectivity index (χ1v) is 8.28. The van der Waals surface area contributed by atoms with Crippen molar-refractivity contribution in [3.8, 4) is 0 Å². The van der Waals surface area contributed by atoms with E-state index < -0.39 is 39.8 Å². The Kier molecular flexibility index (Phi) is 4.31. The van der Waals surface area contributed by atoms with Crippen molar-refractivity contribution in [3.63, 3.8) is 0 Å². The first-order valence-electron chi connectivity index (χ1n) is 6.72. The van der Waals surface area contributed by atoms with Crippen LogP contribution in [-0.4, -0.2) is 48.6 Å². The molecule has 8 heteroatoms. The third-order valence-corrected chi connectivity index (χ3v) is 4.98. The number of carbonyl (C=O) groups excluding carboxylic acids is 1. The number of aliphatic carboxylic acids is 1. The SMILES string of the molecule is O=C(O)C(C1CCCC1)N1CC(CS(=O)(=O)F)CC1=O. The van der Waals surface area contributed by atoms with Gasteiger partial charge in [-0.1, -0.05) is 12.8 Å². The van der Waals surface area contributed by atoms with Crippen LogP contribution in [0.1, 0.15) is 32.1 Å². The first-order chi connectivity index (χ1) is 9.28. The molecule has 0 aromatic carbocycles. The number of nitrogens with zero attached hydrogens (tertiary/aromatic N) is 1. The lowest BCUT2D eigenvalue weighted by atomic mass is 9.97. The molecule has 2 atom stereocenters. The number of hydrogen-bond donors (Lipinski definition) is 1. The Labute approximate surface area is 117 Å². The molecule has 1 aliphatic carbocycles. The van der Waals surface area contributed by atoms with Gasteiger partial charge in [-0.05, 0) is 18.8 Å². The summed E-state index contributed by atoms with van der Waals surface area (Å²) in [6.45, 7) is 0.00937. The molecule has 1 amide bonds. The summed E-state index contributed by atoms with van der Waals surface area (Å²) in [4.78, 5) is 24.6. The van der Waals surface area contributed by atoms with Gasteiger partial charge in [-0.25, -0.2) is 4.79 Å². The lowest BCUT2D eigenvalue weighted by Crippen LogP contribution is -2.46. The van der Waals surface area contributed by atoms with Crippen LogP contribution in [-0.2, 0) is 19.8 Å². The second-order valence-electron chi connectivity index (χ2n) is 5.65. The maximum Gasteiger partial charge on any atom is 0.326 e. The van der Waals surface area contributed by atoms with Crippen molar-refractivity contribution in [3.05, 3.63) is 0 Å². The number of carboxylic acids is 1. The van der Waals surface area contributed by atoms with Gasteiger partial charge in [0.2, 0.25) is 5.91 Å².